The number of halogens is 2. The molecule has 0 aromatic rings. The molecule has 0 spiro atoms. The molecule has 11 heavy (non-hydrogen) atoms. The lowest BCUT2D eigenvalue weighted by atomic mass is 10.2. The smallest absolute Gasteiger partial charge is 0.166 e. The van der Waals surface area contributed by atoms with E-state index < -0.39 is 10.6 Å². The Bertz CT molecular complexity index is 140. The predicted molar refractivity (Wildman–Crippen MR) is 45.0 cm³/mol. The summed E-state index contributed by atoms with van der Waals surface area (Å²) in [4.78, 5) is -0.497. The van der Waals surface area contributed by atoms with Crippen molar-refractivity contribution >= 4 is 23.2 Å². The highest BCUT2D eigenvalue weighted by molar-refractivity contribution is 6.44. The average Bonchev–Trinajstić information content (AvgIpc) is 2.33. The van der Waals surface area contributed by atoms with Crippen LogP contribution in [0.15, 0.2) is 0 Å². The lowest BCUT2D eigenvalue weighted by molar-refractivity contribution is -0.153. The Kier molecular flexibility index (Phi) is 3.03. The summed E-state index contributed by atoms with van der Waals surface area (Å²) in [5.41, 5.74) is 0. The molecule has 66 valence electrons. The maximum atomic E-state index is 5.63. The zero-order chi connectivity index (χ0) is 8.48. The van der Waals surface area contributed by atoms with E-state index in [1.165, 1.54) is 0 Å². The molecule has 4 heteroatoms. The summed E-state index contributed by atoms with van der Waals surface area (Å²) in [6.07, 6.45) is 0.632. The van der Waals surface area contributed by atoms with Crippen LogP contribution in [0.2, 0.25) is 0 Å². The summed E-state index contributed by atoms with van der Waals surface area (Å²) < 4.78 is 10.8. The Morgan fingerprint density at radius 2 is 2.27 bits per heavy atom. The lowest BCUT2D eigenvalue weighted by Crippen LogP contribution is -2.27. The van der Waals surface area contributed by atoms with Gasteiger partial charge in [-0.2, -0.15) is 0 Å². The molecule has 0 bridgehead atoms. The Morgan fingerprint density at radius 1 is 1.64 bits per heavy atom. The van der Waals surface area contributed by atoms with Crippen LogP contribution in [-0.2, 0) is 9.47 Å². The first-order chi connectivity index (χ1) is 5.07. The van der Waals surface area contributed by atoms with Crippen LogP contribution < -0.4 is 0 Å². The zero-order valence-corrected chi connectivity index (χ0v) is 8.15. The number of alkyl halides is 2. The van der Waals surface area contributed by atoms with Crippen LogP contribution in [0.5, 0.6) is 0 Å². The first kappa shape index (κ1) is 9.59. The minimum absolute atomic E-state index is 0.178. The summed E-state index contributed by atoms with van der Waals surface area (Å²) in [6.45, 7) is 4.38. The molecule has 0 aromatic carbocycles. The molecule has 0 aromatic heterocycles. The molecule has 0 saturated carbocycles. The normalized spacial score (nSPS) is 38.5. The van der Waals surface area contributed by atoms with E-state index in [4.69, 9.17) is 32.7 Å². The molecule has 0 aliphatic carbocycles. The molecule has 0 amide bonds. The van der Waals surface area contributed by atoms with Gasteiger partial charge in [0.25, 0.3) is 0 Å². The van der Waals surface area contributed by atoms with Gasteiger partial charge >= 0.3 is 0 Å². The Hall–Kier alpha value is 0.500. The number of rotatable bonds is 2. The van der Waals surface area contributed by atoms with Gasteiger partial charge in [0.15, 0.2) is 5.79 Å². The van der Waals surface area contributed by atoms with Gasteiger partial charge in [-0.1, -0.05) is 6.92 Å². The molecule has 1 aliphatic rings. The molecule has 1 aliphatic heterocycles. The van der Waals surface area contributed by atoms with Gasteiger partial charge in [-0.25, -0.2) is 0 Å². The van der Waals surface area contributed by atoms with Crippen LogP contribution in [0.4, 0.5) is 0 Å². The molecule has 1 rings (SSSR count). The van der Waals surface area contributed by atoms with Gasteiger partial charge in [0, 0.05) is 0 Å². The van der Waals surface area contributed by atoms with E-state index in [2.05, 4.69) is 0 Å². The minimum Gasteiger partial charge on any atom is -0.347 e. The molecular weight excluding hydrogens is 187 g/mol. The van der Waals surface area contributed by atoms with Crippen LogP contribution in [0.25, 0.3) is 0 Å². The molecule has 2 atom stereocenters. The fourth-order valence-electron chi connectivity index (χ4n) is 0.956. The second kappa shape index (κ2) is 3.48. The third kappa shape index (κ3) is 2.22. The third-order valence-corrected chi connectivity index (χ3v) is 2.44. The highest BCUT2D eigenvalue weighted by Crippen LogP contribution is 2.30. The molecule has 2 unspecified atom stereocenters. The van der Waals surface area contributed by atoms with E-state index in [0.29, 0.717) is 6.61 Å². The average molecular weight is 199 g/mol. The second-order valence-electron chi connectivity index (χ2n) is 2.79. The van der Waals surface area contributed by atoms with Crippen molar-refractivity contribution in [2.45, 2.75) is 37.0 Å². The zero-order valence-electron chi connectivity index (χ0n) is 6.64. The van der Waals surface area contributed by atoms with Crippen molar-refractivity contribution in [3.8, 4) is 0 Å². The quantitative estimate of drug-likeness (QED) is 0.635. The SMILES string of the molecule is CCC1(C)OCC(C(Cl)Cl)O1. The van der Waals surface area contributed by atoms with Gasteiger partial charge in [-0.05, 0) is 13.3 Å². The maximum absolute atomic E-state index is 5.63. The Morgan fingerprint density at radius 3 is 2.55 bits per heavy atom. The van der Waals surface area contributed by atoms with E-state index in [0.717, 1.165) is 6.42 Å². The van der Waals surface area contributed by atoms with Crippen molar-refractivity contribution in [1.82, 2.24) is 0 Å². The Labute approximate surface area is 76.8 Å². The largest absolute Gasteiger partial charge is 0.347 e. The van der Waals surface area contributed by atoms with Crippen LogP contribution in [-0.4, -0.2) is 23.3 Å². The summed E-state index contributed by atoms with van der Waals surface area (Å²) in [6, 6.07) is 0. The number of hydrogen-bond acceptors (Lipinski definition) is 2. The fourth-order valence-corrected chi connectivity index (χ4v) is 1.20. The number of ether oxygens (including phenoxy) is 2. The summed E-state index contributed by atoms with van der Waals surface area (Å²) in [5, 5.41) is 0. The summed E-state index contributed by atoms with van der Waals surface area (Å²) in [7, 11) is 0. The van der Waals surface area contributed by atoms with Gasteiger partial charge in [0.05, 0.1) is 6.61 Å². The fraction of sp³-hybridized carbons (Fsp3) is 1.00. The first-order valence-electron chi connectivity index (χ1n) is 3.67. The van der Waals surface area contributed by atoms with Crippen LogP contribution in [0.1, 0.15) is 20.3 Å². The minimum atomic E-state index is -0.497. The van der Waals surface area contributed by atoms with Gasteiger partial charge in [-0.3, -0.25) is 0 Å². The van der Waals surface area contributed by atoms with E-state index in [1.807, 2.05) is 13.8 Å². The highest BCUT2D eigenvalue weighted by atomic mass is 35.5. The first-order valence-corrected chi connectivity index (χ1v) is 4.54. The maximum Gasteiger partial charge on any atom is 0.166 e. The van der Waals surface area contributed by atoms with E-state index in [-0.39, 0.29) is 6.10 Å². The molecule has 1 saturated heterocycles. The number of hydrogen-bond donors (Lipinski definition) is 0. The van der Waals surface area contributed by atoms with Crippen molar-refractivity contribution < 1.29 is 9.47 Å². The van der Waals surface area contributed by atoms with E-state index in [1.54, 1.807) is 0 Å². The van der Waals surface area contributed by atoms with Gasteiger partial charge in [0.1, 0.15) is 10.9 Å². The van der Waals surface area contributed by atoms with Gasteiger partial charge in [0.2, 0.25) is 0 Å². The van der Waals surface area contributed by atoms with Crippen LogP contribution >= 0.6 is 23.2 Å². The van der Waals surface area contributed by atoms with Crippen molar-refractivity contribution in [3.05, 3.63) is 0 Å². The highest BCUT2D eigenvalue weighted by Gasteiger charge is 2.38. The molecule has 2 nitrogen and oxygen atoms in total. The van der Waals surface area contributed by atoms with Gasteiger partial charge < -0.3 is 9.47 Å². The lowest BCUT2D eigenvalue weighted by Gasteiger charge is -2.21. The van der Waals surface area contributed by atoms with E-state index >= 15 is 0 Å². The molecule has 0 N–H and O–H groups in total. The van der Waals surface area contributed by atoms with Crippen molar-refractivity contribution in [3.63, 3.8) is 0 Å². The molecular formula is C7H12Cl2O2. The topological polar surface area (TPSA) is 18.5 Å². The van der Waals surface area contributed by atoms with Crippen molar-refractivity contribution in [1.29, 1.82) is 0 Å². The van der Waals surface area contributed by atoms with Crippen molar-refractivity contribution in [2.24, 2.45) is 0 Å². The van der Waals surface area contributed by atoms with Crippen molar-refractivity contribution in [2.75, 3.05) is 6.61 Å². The standard InChI is InChI=1S/C7H12Cl2O2/c1-3-7(2)10-4-5(11-7)6(8)9/h5-6H,3-4H2,1-2H3. The summed E-state index contributed by atoms with van der Waals surface area (Å²) >= 11 is 11.3. The van der Waals surface area contributed by atoms with E-state index in [9.17, 15) is 0 Å². The Balaban J connectivity index is 2.46. The van der Waals surface area contributed by atoms with Crippen LogP contribution in [0, 0.1) is 0 Å². The molecule has 1 heterocycles. The molecule has 1 fully saturated rings. The summed E-state index contributed by atoms with van der Waals surface area (Å²) in [5.74, 6) is -0.479. The molecule has 0 radical (unpaired) electrons. The van der Waals surface area contributed by atoms with Crippen LogP contribution in [0.3, 0.4) is 0 Å². The second-order valence-corrected chi connectivity index (χ2v) is 3.95. The monoisotopic (exact) mass is 198 g/mol. The predicted octanol–water partition coefficient (Wildman–Crippen LogP) is 2.33. The van der Waals surface area contributed by atoms with Gasteiger partial charge in [-0.15, -0.1) is 23.2 Å². The third-order valence-electron chi connectivity index (χ3n) is 1.88.